The number of amides is 1. The van der Waals surface area contributed by atoms with Crippen LogP contribution >= 0.6 is 24.0 Å². The molecule has 0 spiro atoms. The summed E-state index contributed by atoms with van der Waals surface area (Å²) < 4.78 is 0. The highest BCUT2D eigenvalue weighted by Gasteiger charge is 2.05. The minimum Gasteiger partial charge on any atom is -0.357 e. The molecule has 0 bridgehead atoms. The van der Waals surface area contributed by atoms with Crippen molar-refractivity contribution in [3.63, 3.8) is 0 Å². The molecular formula is C18H29IN4O. The number of aliphatic imine (C=N–C) groups is 1. The van der Waals surface area contributed by atoms with E-state index in [2.05, 4.69) is 27.5 Å². The van der Waals surface area contributed by atoms with Gasteiger partial charge in [-0.3, -0.25) is 4.79 Å². The molecule has 134 valence electrons. The maximum absolute atomic E-state index is 11.8. The van der Waals surface area contributed by atoms with Gasteiger partial charge in [0.2, 0.25) is 5.91 Å². The minimum absolute atomic E-state index is 0. The van der Waals surface area contributed by atoms with Gasteiger partial charge in [0, 0.05) is 25.2 Å². The van der Waals surface area contributed by atoms with Crippen molar-refractivity contribution in [2.24, 2.45) is 10.9 Å². The van der Waals surface area contributed by atoms with Crippen molar-refractivity contribution in [2.45, 2.75) is 33.7 Å². The van der Waals surface area contributed by atoms with Crippen molar-refractivity contribution in [2.75, 3.05) is 18.4 Å². The fraction of sp³-hybridized carbons (Fsp3) is 0.444. The molecule has 1 aromatic carbocycles. The van der Waals surface area contributed by atoms with E-state index in [0.717, 1.165) is 23.8 Å². The van der Waals surface area contributed by atoms with E-state index in [4.69, 9.17) is 0 Å². The SMILES string of the molecule is C=CCNC(=NCc1cccc(NC(=O)CC(C)C)c1)NCC.I. The van der Waals surface area contributed by atoms with Gasteiger partial charge in [-0.05, 0) is 30.5 Å². The van der Waals surface area contributed by atoms with E-state index < -0.39 is 0 Å². The molecule has 0 fully saturated rings. The first-order valence-corrected chi connectivity index (χ1v) is 8.07. The molecule has 0 radical (unpaired) electrons. The first-order chi connectivity index (χ1) is 11.0. The molecule has 24 heavy (non-hydrogen) atoms. The summed E-state index contributed by atoms with van der Waals surface area (Å²) in [6, 6.07) is 7.78. The Hall–Kier alpha value is -1.57. The zero-order valence-corrected chi connectivity index (χ0v) is 17.1. The average Bonchev–Trinajstić information content (AvgIpc) is 2.49. The van der Waals surface area contributed by atoms with Crippen LogP contribution in [0.25, 0.3) is 0 Å². The number of halogens is 1. The standard InChI is InChI=1S/C18H28N4O.HI/c1-5-10-20-18(19-6-2)21-13-15-8-7-9-16(12-15)22-17(23)11-14(3)4;/h5,7-9,12,14H,1,6,10-11,13H2,2-4H3,(H,22,23)(H2,19,20,21);1H. The summed E-state index contributed by atoms with van der Waals surface area (Å²) in [6.07, 6.45) is 2.32. The maximum atomic E-state index is 11.8. The number of carbonyl (C=O) groups excluding carboxylic acids is 1. The van der Waals surface area contributed by atoms with Gasteiger partial charge in [0.05, 0.1) is 6.54 Å². The van der Waals surface area contributed by atoms with Crippen LogP contribution in [0.2, 0.25) is 0 Å². The van der Waals surface area contributed by atoms with Crippen LogP contribution in [0.15, 0.2) is 41.9 Å². The van der Waals surface area contributed by atoms with Crippen LogP contribution in [0.1, 0.15) is 32.8 Å². The molecule has 1 aromatic rings. The molecule has 6 heteroatoms. The van der Waals surface area contributed by atoms with Crippen LogP contribution in [-0.4, -0.2) is 25.0 Å². The quantitative estimate of drug-likeness (QED) is 0.249. The van der Waals surface area contributed by atoms with Crippen LogP contribution in [0.4, 0.5) is 5.69 Å². The number of benzene rings is 1. The molecule has 3 N–H and O–H groups in total. The highest BCUT2D eigenvalue weighted by molar-refractivity contribution is 14.0. The number of anilines is 1. The number of nitrogens with one attached hydrogen (secondary N) is 3. The molecule has 0 heterocycles. The van der Waals surface area contributed by atoms with E-state index in [0.29, 0.717) is 25.4 Å². The highest BCUT2D eigenvalue weighted by Crippen LogP contribution is 2.13. The lowest BCUT2D eigenvalue weighted by molar-refractivity contribution is -0.116. The molecule has 0 aromatic heterocycles. The van der Waals surface area contributed by atoms with E-state index >= 15 is 0 Å². The topological polar surface area (TPSA) is 65.5 Å². The summed E-state index contributed by atoms with van der Waals surface area (Å²) >= 11 is 0. The van der Waals surface area contributed by atoms with Gasteiger partial charge in [-0.1, -0.05) is 32.1 Å². The van der Waals surface area contributed by atoms with Crippen molar-refractivity contribution in [1.29, 1.82) is 0 Å². The van der Waals surface area contributed by atoms with E-state index in [1.165, 1.54) is 0 Å². The Bertz CT molecular complexity index is 544. The van der Waals surface area contributed by atoms with Crippen molar-refractivity contribution in [1.82, 2.24) is 10.6 Å². The molecule has 5 nitrogen and oxygen atoms in total. The molecule has 1 rings (SSSR count). The molecule has 0 saturated carbocycles. The summed E-state index contributed by atoms with van der Waals surface area (Å²) in [4.78, 5) is 16.4. The van der Waals surface area contributed by atoms with Gasteiger partial charge in [-0.2, -0.15) is 0 Å². The van der Waals surface area contributed by atoms with Crippen molar-refractivity contribution in [3.8, 4) is 0 Å². The minimum atomic E-state index is 0. The highest BCUT2D eigenvalue weighted by atomic mass is 127. The van der Waals surface area contributed by atoms with Crippen LogP contribution in [0, 0.1) is 5.92 Å². The monoisotopic (exact) mass is 444 g/mol. The lowest BCUT2D eigenvalue weighted by Crippen LogP contribution is -2.37. The Morgan fingerprint density at radius 1 is 1.33 bits per heavy atom. The summed E-state index contributed by atoms with van der Waals surface area (Å²) in [6.45, 7) is 11.8. The smallest absolute Gasteiger partial charge is 0.224 e. The molecule has 0 saturated heterocycles. The third kappa shape index (κ3) is 9.54. The number of rotatable bonds is 8. The first kappa shape index (κ1) is 22.4. The number of hydrogen-bond donors (Lipinski definition) is 3. The molecule has 1 amide bonds. The molecule has 0 aliphatic rings. The van der Waals surface area contributed by atoms with E-state index in [1.54, 1.807) is 6.08 Å². The summed E-state index contributed by atoms with van der Waals surface area (Å²) in [5, 5.41) is 9.27. The second-order valence-corrected chi connectivity index (χ2v) is 5.71. The lowest BCUT2D eigenvalue weighted by Gasteiger charge is -2.10. The second-order valence-electron chi connectivity index (χ2n) is 5.71. The molecule has 0 aliphatic carbocycles. The normalized spacial score (nSPS) is 10.8. The molecule has 0 unspecified atom stereocenters. The van der Waals surface area contributed by atoms with Gasteiger partial charge in [0.1, 0.15) is 0 Å². The fourth-order valence-electron chi connectivity index (χ4n) is 2.01. The van der Waals surface area contributed by atoms with E-state index in [-0.39, 0.29) is 29.9 Å². The van der Waals surface area contributed by atoms with Gasteiger partial charge in [0.25, 0.3) is 0 Å². The number of carbonyl (C=O) groups is 1. The second kappa shape index (κ2) is 12.8. The molecule has 0 atom stereocenters. The average molecular weight is 444 g/mol. The van der Waals surface area contributed by atoms with E-state index in [9.17, 15) is 4.79 Å². The zero-order chi connectivity index (χ0) is 17.1. The molecular weight excluding hydrogens is 415 g/mol. The predicted octanol–water partition coefficient (Wildman–Crippen LogP) is 3.53. The van der Waals surface area contributed by atoms with Crippen LogP contribution in [-0.2, 0) is 11.3 Å². The van der Waals surface area contributed by atoms with Crippen molar-refractivity contribution < 1.29 is 4.79 Å². The third-order valence-electron chi connectivity index (χ3n) is 2.98. The van der Waals surface area contributed by atoms with Gasteiger partial charge in [-0.15, -0.1) is 30.6 Å². The maximum Gasteiger partial charge on any atom is 0.224 e. The van der Waals surface area contributed by atoms with Crippen LogP contribution in [0.3, 0.4) is 0 Å². The fourth-order valence-corrected chi connectivity index (χ4v) is 2.01. The number of guanidine groups is 1. The number of hydrogen-bond acceptors (Lipinski definition) is 2. The van der Waals surface area contributed by atoms with E-state index in [1.807, 2.05) is 45.0 Å². The van der Waals surface area contributed by atoms with Gasteiger partial charge in [0.15, 0.2) is 5.96 Å². The lowest BCUT2D eigenvalue weighted by atomic mass is 10.1. The van der Waals surface area contributed by atoms with Crippen LogP contribution < -0.4 is 16.0 Å². The Balaban J connectivity index is 0.00000529. The third-order valence-corrected chi connectivity index (χ3v) is 2.98. The van der Waals surface area contributed by atoms with Gasteiger partial charge < -0.3 is 16.0 Å². The van der Waals surface area contributed by atoms with Gasteiger partial charge in [-0.25, -0.2) is 4.99 Å². The predicted molar refractivity (Wildman–Crippen MR) is 113 cm³/mol. The summed E-state index contributed by atoms with van der Waals surface area (Å²) in [5.41, 5.74) is 1.86. The van der Waals surface area contributed by atoms with Gasteiger partial charge >= 0.3 is 0 Å². The summed E-state index contributed by atoms with van der Waals surface area (Å²) in [7, 11) is 0. The Morgan fingerprint density at radius 2 is 2.08 bits per heavy atom. The summed E-state index contributed by atoms with van der Waals surface area (Å²) in [5.74, 6) is 1.14. The Kier molecular flexibility index (Phi) is 12.0. The van der Waals surface area contributed by atoms with Crippen LogP contribution in [0.5, 0.6) is 0 Å². The van der Waals surface area contributed by atoms with Crippen molar-refractivity contribution in [3.05, 3.63) is 42.5 Å². The largest absolute Gasteiger partial charge is 0.357 e. The Morgan fingerprint density at radius 3 is 2.71 bits per heavy atom. The first-order valence-electron chi connectivity index (χ1n) is 8.07. The molecule has 0 aliphatic heterocycles. The number of nitrogens with zero attached hydrogens (tertiary/aromatic N) is 1. The van der Waals surface area contributed by atoms with Crippen molar-refractivity contribution >= 4 is 41.5 Å². The Labute approximate surface area is 162 Å². The zero-order valence-electron chi connectivity index (χ0n) is 14.8.